The van der Waals surface area contributed by atoms with Crippen molar-refractivity contribution in [2.45, 2.75) is 83.3 Å². The van der Waals surface area contributed by atoms with E-state index >= 15 is 0 Å². The average molecular weight is 343 g/mol. The van der Waals surface area contributed by atoms with E-state index in [2.05, 4.69) is 24.0 Å². The molecule has 0 bridgehead atoms. The van der Waals surface area contributed by atoms with Crippen LogP contribution < -0.4 is 0 Å². The molecule has 0 N–H and O–H groups in total. The van der Waals surface area contributed by atoms with Crippen LogP contribution in [0.5, 0.6) is 0 Å². The summed E-state index contributed by atoms with van der Waals surface area (Å²) < 4.78 is 11.3. The van der Waals surface area contributed by atoms with Crippen LogP contribution in [-0.4, -0.2) is 19.5 Å². The van der Waals surface area contributed by atoms with Gasteiger partial charge in [-0.3, -0.25) is 0 Å². The van der Waals surface area contributed by atoms with Gasteiger partial charge in [-0.1, -0.05) is 68.6 Å². The lowest BCUT2D eigenvalue weighted by Crippen LogP contribution is -2.22. The van der Waals surface area contributed by atoms with Crippen LogP contribution in [0.1, 0.15) is 82.6 Å². The van der Waals surface area contributed by atoms with Gasteiger partial charge < -0.3 is 9.47 Å². The molecule has 1 aromatic carbocycles. The molecule has 1 heterocycles. The normalized spacial score (nSPS) is 17.0. The first kappa shape index (κ1) is 20.0. The zero-order chi connectivity index (χ0) is 17.4. The van der Waals surface area contributed by atoms with Gasteiger partial charge in [0.05, 0.1) is 0 Å². The van der Waals surface area contributed by atoms with Gasteiger partial charge in [-0.05, 0) is 44.2 Å². The van der Waals surface area contributed by atoms with Crippen LogP contribution in [0.25, 0.3) is 0 Å². The molecule has 1 aromatic rings. The van der Waals surface area contributed by atoms with Crippen LogP contribution in [0.4, 0.5) is 0 Å². The maximum absolute atomic E-state index is 5.76. The van der Waals surface area contributed by atoms with Gasteiger partial charge in [0.15, 0.2) is 6.29 Å². The third-order valence-electron chi connectivity index (χ3n) is 4.64. The molecule has 1 aliphatic heterocycles. The molecule has 1 fully saturated rings. The zero-order valence-corrected chi connectivity index (χ0v) is 15.7. The molecule has 2 nitrogen and oxygen atoms in total. The molecule has 0 aliphatic carbocycles. The van der Waals surface area contributed by atoms with E-state index in [0.29, 0.717) is 0 Å². The highest BCUT2D eigenvalue weighted by Crippen LogP contribution is 2.15. The molecule has 138 valence electrons. The van der Waals surface area contributed by atoms with Gasteiger partial charge in [0.1, 0.15) is 0 Å². The van der Waals surface area contributed by atoms with Crippen LogP contribution in [0.2, 0.25) is 0 Å². The third-order valence-corrected chi connectivity index (χ3v) is 4.64. The number of hydrogen-bond donors (Lipinski definition) is 0. The molecule has 0 spiro atoms. The van der Waals surface area contributed by atoms with E-state index in [1.54, 1.807) is 0 Å². The maximum atomic E-state index is 5.76. The summed E-state index contributed by atoms with van der Waals surface area (Å²) in [5.74, 6) is 6.51. The van der Waals surface area contributed by atoms with Crippen LogP contribution in [0, 0.1) is 11.8 Å². The summed E-state index contributed by atoms with van der Waals surface area (Å²) in [6, 6.07) is 10.3. The molecule has 2 heteroatoms. The lowest BCUT2D eigenvalue weighted by molar-refractivity contribution is -0.162. The first-order chi connectivity index (χ1) is 12.4. The highest BCUT2D eigenvalue weighted by molar-refractivity contribution is 5.33. The van der Waals surface area contributed by atoms with Crippen molar-refractivity contribution in [3.05, 3.63) is 35.9 Å². The molecule has 1 atom stereocenters. The molecular weight excluding hydrogens is 308 g/mol. The molecular formula is C23H34O2. The largest absolute Gasteiger partial charge is 0.353 e. The minimum Gasteiger partial charge on any atom is -0.353 e. The Kier molecular flexibility index (Phi) is 11.2. The molecule has 0 radical (unpaired) electrons. The Morgan fingerprint density at radius 2 is 1.60 bits per heavy atom. The molecule has 0 aromatic heterocycles. The van der Waals surface area contributed by atoms with Gasteiger partial charge in [0.2, 0.25) is 0 Å². The van der Waals surface area contributed by atoms with Crippen LogP contribution in [-0.2, 0) is 9.47 Å². The highest BCUT2D eigenvalue weighted by Gasteiger charge is 2.13. The van der Waals surface area contributed by atoms with Crippen molar-refractivity contribution >= 4 is 0 Å². The van der Waals surface area contributed by atoms with Gasteiger partial charge in [-0.15, -0.1) is 0 Å². The Bertz CT molecular complexity index is 480. The van der Waals surface area contributed by atoms with Crippen molar-refractivity contribution in [1.29, 1.82) is 0 Å². The Labute approximate surface area is 154 Å². The summed E-state index contributed by atoms with van der Waals surface area (Å²) in [4.78, 5) is 0. The molecule has 0 saturated carbocycles. The maximum Gasteiger partial charge on any atom is 0.157 e. The summed E-state index contributed by atoms with van der Waals surface area (Å²) in [5.41, 5.74) is 1.13. The van der Waals surface area contributed by atoms with Crippen LogP contribution in [0.3, 0.4) is 0 Å². The van der Waals surface area contributed by atoms with Crippen molar-refractivity contribution in [2.75, 3.05) is 13.2 Å². The van der Waals surface area contributed by atoms with Gasteiger partial charge in [0, 0.05) is 25.2 Å². The number of ether oxygens (including phenoxy) is 2. The van der Waals surface area contributed by atoms with Crippen molar-refractivity contribution in [1.82, 2.24) is 0 Å². The quantitative estimate of drug-likeness (QED) is 0.358. The summed E-state index contributed by atoms with van der Waals surface area (Å²) >= 11 is 0. The number of unbranched alkanes of at least 4 members (excludes halogenated alkanes) is 8. The first-order valence-corrected chi connectivity index (χ1v) is 10.2. The second kappa shape index (κ2) is 13.9. The monoisotopic (exact) mass is 342 g/mol. The van der Waals surface area contributed by atoms with E-state index in [1.807, 2.05) is 18.2 Å². The predicted octanol–water partition coefficient (Wildman–Crippen LogP) is 6.09. The summed E-state index contributed by atoms with van der Waals surface area (Å²) in [6.45, 7) is 1.74. The van der Waals surface area contributed by atoms with Gasteiger partial charge in [0.25, 0.3) is 0 Å². The lowest BCUT2D eigenvalue weighted by Gasteiger charge is -2.22. The minimum atomic E-state index is 0.0822. The predicted molar refractivity (Wildman–Crippen MR) is 104 cm³/mol. The smallest absolute Gasteiger partial charge is 0.157 e. The number of rotatable bonds is 11. The summed E-state index contributed by atoms with van der Waals surface area (Å²) in [7, 11) is 0. The fourth-order valence-corrected chi connectivity index (χ4v) is 3.12. The van der Waals surface area contributed by atoms with Gasteiger partial charge in [-0.2, -0.15) is 0 Å². The second-order valence-electron chi connectivity index (χ2n) is 6.91. The fraction of sp³-hybridized carbons (Fsp3) is 0.652. The van der Waals surface area contributed by atoms with Crippen molar-refractivity contribution < 1.29 is 9.47 Å². The van der Waals surface area contributed by atoms with Crippen LogP contribution in [0.15, 0.2) is 30.3 Å². The molecule has 1 aliphatic rings. The zero-order valence-electron chi connectivity index (χ0n) is 15.7. The van der Waals surface area contributed by atoms with Crippen molar-refractivity contribution in [3.63, 3.8) is 0 Å². The van der Waals surface area contributed by atoms with Gasteiger partial charge in [-0.25, -0.2) is 0 Å². The van der Waals surface area contributed by atoms with E-state index in [9.17, 15) is 0 Å². The Morgan fingerprint density at radius 1 is 0.880 bits per heavy atom. The SMILES string of the molecule is C(#Cc1ccccc1)CCCCCCCCCCOC1CCCCO1. The lowest BCUT2D eigenvalue weighted by atomic mass is 10.1. The summed E-state index contributed by atoms with van der Waals surface area (Å²) in [5, 5.41) is 0. The molecule has 0 amide bonds. The standard InChI is InChI=1S/C23H34O2/c1(3-5-7-10-16-22-17-11-9-12-18-22)2-4-6-8-14-20-24-23-19-13-15-21-25-23/h9,11-12,17-18,23H,1-8,13-15,19-21H2. The molecule has 2 rings (SSSR count). The van der Waals surface area contributed by atoms with E-state index in [0.717, 1.165) is 31.6 Å². The Morgan fingerprint density at radius 3 is 2.32 bits per heavy atom. The molecule has 25 heavy (non-hydrogen) atoms. The number of hydrogen-bond acceptors (Lipinski definition) is 2. The fourth-order valence-electron chi connectivity index (χ4n) is 3.12. The van der Waals surface area contributed by atoms with E-state index in [1.165, 1.54) is 64.2 Å². The van der Waals surface area contributed by atoms with E-state index in [-0.39, 0.29) is 6.29 Å². The van der Waals surface area contributed by atoms with Gasteiger partial charge >= 0.3 is 0 Å². The second-order valence-corrected chi connectivity index (χ2v) is 6.91. The van der Waals surface area contributed by atoms with E-state index in [4.69, 9.17) is 9.47 Å². The highest BCUT2D eigenvalue weighted by atomic mass is 16.7. The minimum absolute atomic E-state index is 0.0822. The summed E-state index contributed by atoms with van der Waals surface area (Å²) in [6.07, 6.45) is 15.0. The van der Waals surface area contributed by atoms with Crippen molar-refractivity contribution in [2.24, 2.45) is 0 Å². The Hall–Kier alpha value is -1.30. The topological polar surface area (TPSA) is 18.5 Å². The first-order valence-electron chi connectivity index (χ1n) is 10.2. The third kappa shape index (κ3) is 10.3. The number of benzene rings is 1. The van der Waals surface area contributed by atoms with E-state index < -0.39 is 0 Å². The molecule has 1 unspecified atom stereocenters. The van der Waals surface area contributed by atoms with Crippen LogP contribution >= 0.6 is 0 Å². The molecule has 1 saturated heterocycles. The van der Waals surface area contributed by atoms with Crippen molar-refractivity contribution in [3.8, 4) is 11.8 Å². The Balaban J connectivity index is 1.31. The average Bonchev–Trinajstić information content (AvgIpc) is 2.67.